The standard InChI is InChI=1S/C19H23F2NO4/c1-26-14-9-13(10-17(23)24)22(11-14)18(25)19(6-2-3-7-19)15-5-4-12(20)8-16(15)21/h4-5,8,13-14H,2-3,6-7,9-11H2,1H3,(H,23,24). The Morgan fingerprint density at radius 3 is 2.58 bits per heavy atom. The lowest BCUT2D eigenvalue weighted by atomic mass is 9.77. The van der Waals surface area contributed by atoms with Gasteiger partial charge < -0.3 is 14.7 Å². The summed E-state index contributed by atoms with van der Waals surface area (Å²) in [4.78, 5) is 26.2. The van der Waals surface area contributed by atoms with E-state index < -0.39 is 29.1 Å². The van der Waals surface area contributed by atoms with Crippen LogP contribution in [0, 0.1) is 11.6 Å². The van der Waals surface area contributed by atoms with Gasteiger partial charge in [0.15, 0.2) is 0 Å². The van der Waals surface area contributed by atoms with Crippen LogP contribution in [0.2, 0.25) is 0 Å². The fourth-order valence-corrected chi connectivity index (χ4v) is 4.42. The summed E-state index contributed by atoms with van der Waals surface area (Å²) in [5.41, 5.74) is -0.853. The first-order valence-corrected chi connectivity index (χ1v) is 8.88. The molecule has 1 saturated carbocycles. The van der Waals surface area contributed by atoms with Crippen LogP contribution < -0.4 is 0 Å². The molecule has 1 aromatic carbocycles. The van der Waals surface area contributed by atoms with Crippen molar-refractivity contribution in [3.8, 4) is 0 Å². The van der Waals surface area contributed by atoms with Gasteiger partial charge in [-0.2, -0.15) is 0 Å². The van der Waals surface area contributed by atoms with E-state index in [0.717, 1.165) is 18.9 Å². The number of carboxylic acid groups (broad SMARTS) is 1. The van der Waals surface area contributed by atoms with E-state index in [1.165, 1.54) is 24.1 Å². The molecule has 0 bridgehead atoms. The topological polar surface area (TPSA) is 66.8 Å². The molecule has 2 fully saturated rings. The summed E-state index contributed by atoms with van der Waals surface area (Å²) in [6, 6.07) is 2.84. The molecule has 1 saturated heterocycles. The van der Waals surface area contributed by atoms with Crippen LogP contribution in [0.25, 0.3) is 0 Å². The van der Waals surface area contributed by atoms with Crippen LogP contribution in [0.1, 0.15) is 44.1 Å². The molecular formula is C19H23F2NO4. The van der Waals surface area contributed by atoms with Gasteiger partial charge in [0.1, 0.15) is 11.6 Å². The van der Waals surface area contributed by atoms with Crippen LogP contribution in [0.3, 0.4) is 0 Å². The molecule has 2 aliphatic rings. The number of ether oxygens (including phenoxy) is 1. The minimum absolute atomic E-state index is 0.173. The van der Waals surface area contributed by atoms with Crippen molar-refractivity contribution < 1.29 is 28.2 Å². The average molecular weight is 367 g/mol. The van der Waals surface area contributed by atoms with E-state index in [1.54, 1.807) is 0 Å². The molecule has 3 rings (SSSR count). The lowest BCUT2D eigenvalue weighted by Gasteiger charge is -2.35. The van der Waals surface area contributed by atoms with Gasteiger partial charge in [0.25, 0.3) is 0 Å². The number of likely N-dealkylation sites (tertiary alicyclic amines) is 1. The molecule has 1 aromatic rings. The quantitative estimate of drug-likeness (QED) is 0.869. The van der Waals surface area contributed by atoms with E-state index in [4.69, 9.17) is 4.74 Å². The van der Waals surface area contributed by atoms with Crippen molar-refractivity contribution in [2.75, 3.05) is 13.7 Å². The van der Waals surface area contributed by atoms with Crippen molar-refractivity contribution in [2.45, 2.75) is 56.1 Å². The van der Waals surface area contributed by atoms with Gasteiger partial charge >= 0.3 is 5.97 Å². The van der Waals surface area contributed by atoms with Gasteiger partial charge in [0.05, 0.1) is 17.9 Å². The molecule has 5 nitrogen and oxygen atoms in total. The highest BCUT2D eigenvalue weighted by Crippen LogP contribution is 2.45. The summed E-state index contributed by atoms with van der Waals surface area (Å²) in [6.45, 7) is 0.290. The van der Waals surface area contributed by atoms with Crippen molar-refractivity contribution >= 4 is 11.9 Å². The molecule has 26 heavy (non-hydrogen) atoms. The maximum atomic E-state index is 14.5. The van der Waals surface area contributed by atoms with Crippen LogP contribution >= 0.6 is 0 Å². The largest absolute Gasteiger partial charge is 0.481 e. The molecule has 142 valence electrons. The Morgan fingerprint density at radius 1 is 1.31 bits per heavy atom. The lowest BCUT2D eigenvalue weighted by Crippen LogP contribution is -2.48. The van der Waals surface area contributed by atoms with E-state index in [0.29, 0.717) is 19.3 Å². The monoisotopic (exact) mass is 367 g/mol. The number of halogens is 2. The molecule has 2 atom stereocenters. The second-order valence-corrected chi connectivity index (χ2v) is 7.22. The number of amides is 1. The summed E-state index contributed by atoms with van der Waals surface area (Å²) in [5.74, 6) is -2.67. The van der Waals surface area contributed by atoms with Crippen LogP contribution in [-0.2, 0) is 19.7 Å². The molecule has 7 heteroatoms. The van der Waals surface area contributed by atoms with Crippen LogP contribution in [0.4, 0.5) is 8.78 Å². The van der Waals surface area contributed by atoms with Gasteiger partial charge in [-0.15, -0.1) is 0 Å². The molecule has 1 amide bonds. The second-order valence-electron chi connectivity index (χ2n) is 7.22. The predicted molar refractivity (Wildman–Crippen MR) is 89.7 cm³/mol. The number of carboxylic acids is 1. The summed E-state index contributed by atoms with van der Waals surface area (Å²) in [7, 11) is 1.53. The van der Waals surface area contributed by atoms with Gasteiger partial charge in [-0.3, -0.25) is 9.59 Å². The fourth-order valence-electron chi connectivity index (χ4n) is 4.42. The summed E-state index contributed by atoms with van der Waals surface area (Å²) in [6.07, 6.45) is 2.52. The summed E-state index contributed by atoms with van der Waals surface area (Å²) < 4.78 is 33.2. The first kappa shape index (κ1) is 18.8. The molecular weight excluding hydrogens is 344 g/mol. The average Bonchev–Trinajstić information content (AvgIpc) is 3.21. The molecule has 1 aliphatic carbocycles. The number of hydrogen-bond acceptors (Lipinski definition) is 3. The minimum atomic E-state index is -1.06. The maximum absolute atomic E-state index is 14.5. The Balaban J connectivity index is 1.96. The van der Waals surface area contributed by atoms with E-state index in [-0.39, 0.29) is 30.5 Å². The van der Waals surface area contributed by atoms with Crippen LogP contribution in [0.15, 0.2) is 18.2 Å². The highest BCUT2D eigenvalue weighted by Gasteiger charge is 2.50. The summed E-state index contributed by atoms with van der Waals surface area (Å²) >= 11 is 0. The smallest absolute Gasteiger partial charge is 0.305 e. The van der Waals surface area contributed by atoms with E-state index in [1.807, 2.05) is 0 Å². The number of carbonyl (C=O) groups excluding carboxylic acids is 1. The number of rotatable bonds is 5. The van der Waals surface area contributed by atoms with Crippen molar-refractivity contribution in [2.24, 2.45) is 0 Å². The molecule has 0 aromatic heterocycles. The Hall–Kier alpha value is -2.02. The maximum Gasteiger partial charge on any atom is 0.305 e. The van der Waals surface area contributed by atoms with Crippen molar-refractivity contribution in [1.82, 2.24) is 4.90 Å². The molecule has 1 aliphatic heterocycles. The zero-order valence-electron chi connectivity index (χ0n) is 14.7. The predicted octanol–water partition coefficient (Wildman–Crippen LogP) is 2.87. The first-order valence-electron chi connectivity index (χ1n) is 8.88. The van der Waals surface area contributed by atoms with Gasteiger partial charge in [-0.25, -0.2) is 8.78 Å². The highest BCUT2D eigenvalue weighted by molar-refractivity contribution is 5.89. The van der Waals surface area contributed by atoms with E-state index in [2.05, 4.69) is 0 Å². The number of aliphatic carboxylic acids is 1. The molecule has 1 heterocycles. The van der Waals surface area contributed by atoms with Crippen molar-refractivity contribution in [3.63, 3.8) is 0 Å². The third-order valence-corrected chi connectivity index (χ3v) is 5.69. The third kappa shape index (κ3) is 3.32. The highest BCUT2D eigenvalue weighted by atomic mass is 19.1. The number of benzene rings is 1. The van der Waals surface area contributed by atoms with Gasteiger partial charge in [-0.05, 0) is 25.3 Å². The number of hydrogen-bond donors (Lipinski definition) is 1. The van der Waals surface area contributed by atoms with Gasteiger partial charge in [0, 0.05) is 31.3 Å². The molecule has 1 N–H and O–H groups in total. The Labute approximate surface area is 150 Å². The Kier molecular flexibility index (Phi) is 5.27. The SMILES string of the molecule is COC1CC(CC(=O)O)N(C(=O)C2(c3ccc(F)cc3F)CCCC2)C1. The first-order chi connectivity index (χ1) is 12.4. The van der Waals surface area contributed by atoms with Gasteiger partial charge in [-0.1, -0.05) is 18.9 Å². The third-order valence-electron chi connectivity index (χ3n) is 5.69. The fraction of sp³-hybridized carbons (Fsp3) is 0.579. The molecule has 2 unspecified atom stereocenters. The van der Waals surface area contributed by atoms with E-state index >= 15 is 0 Å². The lowest BCUT2D eigenvalue weighted by molar-refractivity contribution is -0.142. The second kappa shape index (κ2) is 7.31. The van der Waals surface area contributed by atoms with Crippen molar-refractivity contribution in [3.05, 3.63) is 35.4 Å². The molecule has 0 spiro atoms. The number of nitrogens with zero attached hydrogens (tertiary/aromatic N) is 1. The number of methoxy groups -OCH3 is 1. The van der Waals surface area contributed by atoms with Gasteiger partial charge in [0.2, 0.25) is 5.91 Å². The van der Waals surface area contributed by atoms with Crippen LogP contribution in [0.5, 0.6) is 0 Å². The zero-order valence-corrected chi connectivity index (χ0v) is 14.7. The zero-order chi connectivity index (χ0) is 18.9. The summed E-state index contributed by atoms with van der Waals surface area (Å²) in [5, 5.41) is 9.17. The molecule has 0 radical (unpaired) electrons. The normalized spacial score (nSPS) is 24.8. The Morgan fingerprint density at radius 2 is 2.00 bits per heavy atom. The van der Waals surface area contributed by atoms with Crippen molar-refractivity contribution in [1.29, 1.82) is 0 Å². The van der Waals surface area contributed by atoms with E-state index in [9.17, 15) is 23.5 Å². The minimum Gasteiger partial charge on any atom is -0.481 e. The Bertz CT molecular complexity index is 703. The number of carbonyl (C=O) groups is 2. The van der Waals surface area contributed by atoms with Crippen LogP contribution in [-0.4, -0.2) is 47.7 Å².